The second-order valence-corrected chi connectivity index (χ2v) is 6.44. The first-order chi connectivity index (χ1) is 10.7. The van der Waals surface area contributed by atoms with Gasteiger partial charge >= 0.3 is 0 Å². The summed E-state index contributed by atoms with van der Waals surface area (Å²) in [5, 5.41) is 5.08. The Kier molecular flexibility index (Phi) is 4.45. The van der Waals surface area contributed by atoms with E-state index in [0.29, 0.717) is 18.3 Å². The van der Waals surface area contributed by atoms with E-state index in [-0.39, 0.29) is 5.91 Å². The molecule has 1 amide bonds. The molecule has 0 aliphatic carbocycles. The van der Waals surface area contributed by atoms with Crippen LogP contribution in [0.15, 0.2) is 35.7 Å². The maximum absolute atomic E-state index is 12.3. The smallest absolute Gasteiger partial charge is 0.238 e. The van der Waals surface area contributed by atoms with Gasteiger partial charge in [-0.05, 0) is 42.5 Å². The van der Waals surface area contributed by atoms with Crippen molar-refractivity contribution in [1.29, 1.82) is 0 Å². The zero-order valence-electron chi connectivity index (χ0n) is 12.8. The Morgan fingerprint density at radius 2 is 2.23 bits per heavy atom. The number of hydrogen-bond acceptors (Lipinski definition) is 4. The van der Waals surface area contributed by atoms with E-state index in [1.807, 2.05) is 35.6 Å². The number of anilines is 1. The van der Waals surface area contributed by atoms with Crippen molar-refractivity contribution in [3.63, 3.8) is 0 Å². The molecule has 0 saturated heterocycles. The van der Waals surface area contributed by atoms with Gasteiger partial charge in [-0.1, -0.05) is 12.1 Å². The lowest BCUT2D eigenvalue weighted by molar-refractivity contribution is -0.117. The largest absolute Gasteiger partial charge is 0.495 e. The fourth-order valence-corrected chi connectivity index (χ4v) is 3.86. The van der Waals surface area contributed by atoms with Crippen LogP contribution in [-0.2, 0) is 11.2 Å². The van der Waals surface area contributed by atoms with Gasteiger partial charge in [0.1, 0.15) is 5.75 Å². The molecule has 1 aromatic carbocycles. The average Bonchev–Trinajstić information content (AvgIpc) is 3.00. The quantitative estimate of drug-likeness (QED) is 0.941. The fourth-order valence-electron chi connectivity index (χ4n) is 2.90. The summed E-state index contributed by atoms with van der Waals surface area (Å²) < 4.78 is 5.27. The Labute approximate surface area is 134 Å². The third kappa shape index (κ3) is 3.00. The van der Waals surface area contributed by atoms with Crippen molar-refractivity contribution in [1.82, 2.24) is 4.90 Å². The molecule has 2 heterocycles. The molecular weight excluding hydrogens is 296 g/mol. The molecule has 116 valence electrons. The molecule has 0 fully saturated rings. The lowest BCUT2D eigenvalue weighted by Gasteiger charge is -2.32. The van der Waals surface area contributed by atoms with Gasteiger partial charge in [0, 0.05) is 17.5 Å². The van der Waals surface area contributed by atoms with Crippen LogP contribution in [0.4, 0.5) is 5.69 Å². The number of para-hydroxylation sites is 2. The number of amides is 1. The van der Waals surface area contributed by atoms with Gasteiger partial charge in [-0.25, -0.2) is 0 Å². The lowest BCUT2D eigenvalue weighted by Crippen LogP contribution is -2.39. The number of benzene rings is 1. The average molecular weight is 316 g/mol. The highest BCUT2D eigenvalue weighted by Gasteiger charge is 2.26. The molecule has 3 rings (SSSR count). The molecule has 0 unspecified atom stereocenters. The van der Waals surface area contributed by atoms with E-state index in [4.69, 9.17) is 4.74 Å². The number of rotatable bonds is 4. The van der Waals surface area contributed by atoms with E-state index in [1.165, 1.54) is 10.4 Å². The topological polar surface area (TPSA) is 41.6 Å². The zero-order valence-corrected chi connectivity index (χ0v) is 13.7. The van der Waals surface area contributed by atoms with E-state index in [0.717, 1.165) is 18.7 Å². The summed E-state index contributed by atoms with van der Waals surface area (Å²) in [5.41, 5.74) is 2.08. The van der Waals surface area contributed by atoms with Crippen molar-refractivity contribution in [2.45, 2.75) is 19.4 Å². The Bertz CT molecular complexity index is 668. The highest BCUT2D eigenvalue weighted by Crippen LogP contribution is 2.32. The predicted octanol–water partition coefficient (Wildman–Crippen LogP) is 3.31. The molecular formula is C17H20N2O2S. The second kappa shape index (κ2) is 6.50. The van der Waals surface area contributed by atoms with Gasteiger partial charge in [-0.15, -0.1) is 11.3 Å². The number of ether oxygens (including phenoxy) is 1. The summed E-state index contributed by atoms with van der Waals surface area (Å²) in [6.07, 6.45) is 1.03. The van der Waals surface area contributed by atoms with Gasteiger partial charge in [-0.2, -0.15) is 0 Å². The van der Waals surface area contributed by atoms with Gasteiger partial charge < -0.3 is 10.1 Å². The second-order valence-electron chi connectivity index (χ2n) is 5.44. The maximum Gasteiger partial charge on any atom is 0.238 e. The molecule has 5 heteroatoms. The van der Waals surface area contributed by atoms with Crippen LogP contribution in [0.2, 0.25) is 0 Å². The Hall–Kier alpha value is -1.85. The van der Waals surface area contributed by atoms with Crippen molar-refractivity contribution in [2.75, 3.05) is 25.5 Å². The van der Waals surface area contributed by atoms with Gasteiger partial charge in [0.2, 0.25) is 5.91 Å². The van der Waals surface area contributed by atoms with Crippen LogP contribution in [0.25, 0.3) is 0 Å². The Balaban J connectivity index is 1.65. The number of hydrogen-bond donors (Lipinski definition) is 1. The van der Waals surface area contributed by atoms with Gasteiger partial charge in [-0.3, -0.25) is 9.69 Å². The fraction of sp³-hybridized carbons (Fsp3) is 0.353. The number of fused-ring (bicyclic) bond motifs is 1. The summed E-state index contributed by atoms with van der Waals surface area (Å²) in [6, 6.07) is 9.94. The van der Waals surface area contributed by atoms with Crippen LogP contribution in [0, 0.1) is 0 Å². The first kappa shape index (κ1) is 15.1. The van der Waals surface area contributed by atoms with Crippen molar-refractivity contribution in [3.8, 4) is 5.75 Å². The summed E-state index contributed by atoms with van der Waals surface area (Å²) in [6.45, 7) is 3.49. The van der Waals surface area contributed by atoms with Crippen LogP contribution >= 0.6 is 11.3 Å². The van der Waals surface area contributed by atoms with Crippen LogP contribution in [-0.4, -0.2) is 31.0 Å². The number of carbonyl (C=O) groups is 1. The monoisotopic (exact) mass is 316 g/mol. The number of methoxy groups -OCH3 is 1. The minimum absolute atomic E-state index is 0.00460. The van der Waals surface area contributed by atoms with E-state index in [2.05, 4.69) is 28.6 Å². The minimum Gasteiger partial charge on any atom is -0.495 e. The van der Waals surface area contributed by atoms with Crippen LogP contribution < -0.4 is 10.1 Å². The Morgan fingerprint density at radius 3 is 3.05 bits per heavy atom. The summed E-state index contributed by atoms with van der Waals surface area (Å²) in [7, 11) is 1.61. The van der Waals surface area contributed by atoms with E-state index in [1.54, 1.807) is 7.11 Å². The van der Waals surface area contributed by atoms with E-state index in [9.17, 15) is 4.79 Å². The van der Waals surface area contributed by atoms with Crippen molar-refractivity contribution in [3.05, 3.63) is 46.2 Å². The molecule has 0 radical (unpaired) electrons. The van der Waals surface area contributed by atoms with E-state index < -0.39 is 0 Å². The standard InChI is InChI=1S/C17H20N2O2S/c1-12-13-8-10-22-16(13)7-9-19(12)11-17(20)18-14-5-3-4-6-15(14)21-2/h3-6,8,10,12H,7,9,11H2,1-2H3,(H,18,20)/t12-/m0/s1. The third-order valence-corrected chi connectivity index (χ3v) is 5.13. The Morgan fingerprint density at radius 1 is 1.41 bits per heavy atom. The van der Waals surface area contributed by atoms with Gasteiger partial charge in [0.05, 0.1) is 19.3 Å². The van der Waals surface area contributed by atoms with Crippen molar-refractivity contribution >= 4 is 22.9 Å². The highest BCUT2D eigenvalue weighted by atomic mass is 32.1. The maximum atomic E-state index is 12.3. The van der Waals surface area contributed by atoms with Gasteiger partial charge in [0.15, 0.2) is 0 Å². The first-order valence-electron chi connectivity index (χ1n) is 7.42. The summed E-state index contributed by atoms with van der Waals surface area (Å²) >= 11 is 1.81. The zero-order chi connectivity index (χ0) is 15.5. The predicted molar refractivity (Wildman–Crippen MR) is 89.6 cm³/mol. The normalized spacial score (nSPS) is 17.8. The molecule has 0 spiro atoms. The molecule has 1 atom stereocenters. The van der Waals surface area contributed by atoms with Crippen LogP contribution in [0.3, 0.4) is 0 Å². The summed E-state index contributed by atoms with van der Waals surface area (Å²) in [4.78, 5) is 16.0. The third-order valence-electron chi connectivity index (χ3n) is 4.13. The van der Waals surface area contributed by atoms with Crippen molar-refractivity contribution < 1.29 is 9.53 Å². The number of carbonyl (C=O) groups excluding carboxylic acids is 1. The van der Waals surface area contributed by atoms with Crippen LogP contribution in [0.5, 0.6) is 5.75 Å². The molecule has 1 aliphatic heterocycles. The number of nitrogens with one attached hydrogen (secondary N) is 1. The molecule has 0 saturated carbocycles. The SMILES string of the molecule is COc1ccccc1NC(=O)CN1CCc2sccc2[C@@H]1C. The number of thiophene rings is 1. The molecule has 4 nitrogen and oxygen atoms in total. The first-order valence-corrected chi connectivity index (χ1v) is 8.30. The molecule has 2 aromatic rings. The molecule has 1 aromatic heterocycles. The van der Waals surface area contributed by atoms with E-state index >= 15 is 0 Å². The molecule has 22 heavy (non-hydrogen) atoms. The van der Waals surface area contributed by atoms with Crippen molar-refractivity contribution in [2.24, 2.45) is 0 Å². The van der Waals surface area contributed by atoms with Gasteiger partial charge in [0.25, 0.3) is 0 Å². The lowest BCUT2D eigenvalue weighted by atomic mass is 10.0. The van der Waals surface area contributed by atoms with Crippen LogP contribution in [0.1, 0.15) is 23.4 Å². The number of nitrogens with zero attached hydrogens (tertiary/aromatic N) is 1. The summed E-state index contributed by atoms with van der Waals surface area (Å²) in [5.74, 6) is 0.678. The minimum atomic E-state index is -0.00460. The molecule has 1 aliphatic rings. The molecule has 1 N–H and O–H groups in total. The highest BCUT2D eigenvalue weighted by molar-refractivity contribution is 7.10. The molecule has 0 bridgehead atoms.